The van der Waals surface area contributed by atoms with E-state index < -0.39 is 21.9 Å². The van der Waals surface area contributed by atoms with E-state index in [0.717, 1.165) is 0 Å². The fourth-order valence-electron chi connectivity index (χ4n) is 1.53. The van der Waals surface area contributed by atoms with Gasteiger partial charge in [-0.15, -0.1) is 0 Å². The quantitative estimate of drug-likeness (QED) is 0.669. The van der Waals surface area contributed by atoms with Crippen LogP contribution in [0.25, 0.3) is 0 Å². The molecular weight excluding hydrogens is 300 g/mol. The van der Waals surface area contributed by atoms with Crippen LogP contribution in [0.4, 0.5) is 0 Å². The summed E-state index contributed by atoms with van der Waals surface area (Å²) in [5, 5.41) is 11.2. The molecule has 0 aromatic carbocycles. The molecule has 0 radical (unpaired) electrons. The highest BCUT2D eigenvalue weighted by molar-refractivity contribution is 7.89. The average molecular weight is 318 g/mol. The Morgan fingerprint density at radius 1 is 1.33 bits per heavy atom. The van der Waals surface area contributed by atoms with Gasteiger partial charge >= 0.3 is 5.97 Å². The van der Waals surface area contributed by atoms with E-state index >= 15 is 0 Å². The number of carboxylic acid groups (broad SMARTS) is 1. The van der Waals surface area contributed by atoms with Crippen molar-refractivity contribution in [3.8, 4) is 0 Å². The molecule has 0 atom stereocenters. The first kappa shape index (κ1) is 17.2. The minimum Gasteiger partial charge on any atom is -0.475 e. The summed E-state index contributed by atoms with van der Waals surface area (Å²) in [5.74, 6) is -2.17. The summed E-state index contributed by atoms with van der Waals surface area (Å²) in [4.78, 5) is 22.3. The van der Waals surface area contributed by atoms with Crippen LogP contribution < -0.4 is 5.32 Å². The van der Waals surface area contributed by atoms with Crippen molar-refractivity contribution in [1.82, 2.24) is 9.62 Å². The molecule has 1 aromatic rings. The summed E-state index contributed by atoms with van der Waals surface area (Å²) >= 11 is 0. The van der Waals surface area contributed by atoms with Gasteiger partial charge in [-0.2, -0.15) is 0 Å². The van der Waals surface area contributed by atoms with Gasteiger partial charge in [-0.1, -0.05) is 0 Å². The van der Waals surface area contributed by atoms with Gasteiger partial charge in [0.2, 0.25) is 15.8 Å². The van der Waals surface area contributed by atoms with E-state index in [-0.39, 0.29) is 30.4 Å². The zero-order valence-corrected chi connectivity index (χ0v) is 12.6. The molecule has 0 unspecified atom stereocenters. The number of sulfonamides is 1. The maximum atomic E-state index is 11.6. The van der Waals surface area contributed by atoms with Crippen LogP contribution in [-0.4, -0.2) is 55.6 Å². The number of furan rings is 1. The number of amides is 1. The minimum absolute atomic E-state index is 0.0280. The summed E-state index contributed by atoms with van der Waals surface area (Å²) in [6, 6.07) is 2.46. The highest BCUT2D eigenvalue weighted by Gasteiger charge is 2.16. The van der Waals surface area contributed by atoms with E-state index in [2.05, 4.69) is 5.32 Å². The van der Waals surface area contributed by atoms with E-state index in [9.17, 15) is 18.0 Å². The Morgan fingerprint density at radius 2 is 1.95 bits per heavy atom. The van der Waals surface area contributed by atoms with Gasteiger partial charge in [0.1, 0.15) is 0 Å². The number of carbonyl (C=O) groups is 2. The summed E-state index contributed by atoms with van der Waals surface area (Å²) in [6.45, 7) is 2.10. The highest BCUT2D eigenvalue weighted by atomic mass is 32.2. The zero-order valence-electron chi connectivity index (χ0n) is 11.8. The molecule has 0 bridgehead atoms. The fourth-order valence-corrected chi connectivity index (χ4v) is 2.37. The van der Waals surface area contributed by atoms with Gasteiger partial charge in [0.25, 0.3) is 5.91 Å². The molecule has 1 heterocycles. The van der Waals surface area contributed by atoms with Gasteiger partial charge in [-0.05, 0) is 25.5 Å². The number of carboxylic acids is 1. The van der Waals surface area contributed by atoms with Crippen LogP contribution in [-0.2, 0) is 10.0 Å². The van der Waals surface area contributed by atoms with Crippen LogP contribution in [0.15, 0.2) is 16.5 Å². The number of nitrogens with zero attached hydrogens (tertiary/aromatic N) is 1. The van der Waals surface area contributed by atoms with Crippen molar-refractivity contribution in [2.75, 3.05) is 25.9 Å². The normalized spacial score (nSPS) is 11.6. The molecule has 118 valence electrons. The van der Waals surface area contributed by atoms with E-state index in [1.807, 2.05) is 0 Å². The van der Waals surface area contributed by atoms with Crippen molar-refractivity contribution in [3.05, 3.63) is 23.7 Å². The molecule has 2 N–H and O–H groups in total. The molecule has 1 amide bonds. The van der Waals surface area contributed by atoms with Crippen LogP contribution in [0.2, 0.25) is 0 Å². The lowest BCUT2D eigenvalue weighted by molar-refractivity contribution is 0.0659. The Labute approximate surface area is 122 Å². The van der Waals surface area contributed by atoms with Crippen LogP contribution >= 0.6 is 0 Å². The lowest BCUT2D eigenvalue weighted by Crippen LogP contribution is -2.32. The Kier molecular flexibility index (Phi) is 5.91. The molecule has 0 saturated heterocycles. The van der Waals surface area contributed by atoms with Crippen molar-refractivity contribution in [2.24, 2.45) is 0 Å². The molecule has 0 saturated carbocycles. The molecule has 0 aliphatic heterocycles. The third kappa shape index (κ3) is 4.87. The number of hydrogen-bond acceptors (Lipinski definition) is 5. The van der Waals surface area contributed by atoms with Crippen molar-refractivity contribution < 1.29 is 27.5 Å². The predicted octanol–water partition coefficient (Wildman–Crippen LogP) is 0.379. The number of carbonyl (C=O) groups excluding carboxylic acids is 1. The Morgan fingerprint density at radius 3 is 2.48 bits per heavy atom. The zero-order chi connectivity index (χ0) is 16.0. The average Bonchev–Trinajstić information content (AvgIpc) is 2.93. The lowest BCUT2D eigenvalue weighted by Gasteiger charge is -2.15. The maximum absolute atomic E-state index is 11.6. The molecule has 0 spiro atoms. The molecule has 1 aromatic heterocycles. The van der Waals surface area contributed by atoms with Gasteiger partial charge in [0, 0.05) is 20.1 Å². The topological polar surface area (TPSA) is 117 Å². The molecule has 1 rings (SSSR count). The highest BCUT2D eigenvalue weighted by Crippen LogP contribution is 2.07. The van der Waals surface area contributed by atoms with Gasteiger partial charge in [-0.25, -0.2) is 17.5 Å². The van der Waals surface area contributed by atoms with Crippen molar-refractivity contribution >= 4 is 21.9 Å². The molecular formula is C12H18N2O6S. The fraction of sp³-hybridized carbons (Fsp3) is 0.500. The van der Waals surface area contributed by atoms with Crippen LogP contribution in [0.5, 0.6) is 0 Å². The Bertz CT molecular complexity index is 607. The van der Waals surface area contributed by atoms with Crippen molar-refractivity contribution in [1.29, 1.82) is 0 Å². The Hall–Kier alpha value is -1.87. The molecule has 9 heteroatoms. The molecule has 21 heavy (non-hydrogen) atoms. The largest absolute Gasteiger partial charge is 0.475 e. The van der Waals surface area contributed by atoms with Gasteiger partial charge in [-0.3, -0.25) is 4.79 Å². The summed E-state index contributed by atoms with van der Waals surface area (Å²) in [6.07, 6.45) is 0.438. The SMILES string of the molecule is CCS(=O)(=O)N(C)CCCNC(=O)c1ccc(C(=O)O)o1. The lowest BCUT2D eigenvalue weighted by atomic mass is 10.3. The molecule has 8 nitrogen and oxygen atoms in total. The number of rotatable bonds is 8. The van der Waals surface area contributed by atoms with Gasteiger partial charge < -0.3 is 14.8 Å². The summed E-state index contributed by atoms with van der Waals surface area (Å²) < 4.78 is 29.0. The van der Waals surface area contributed by atoms with Gasteiger partial charge in [0.15, 0.2) is 5.76 Å². The summed E-state index contributed by atoms with van der Waals surface area (Å²) in [7, 11) is -1.74. The van der Waals surface area contributed by atoms with Crippen LogP contribution in [0.3, 0.4) is 0 Å². The second-order valence-electron chi connectivity index (χ2n) is 4.30. The first-order valence-corrected chi connectivity index (χ1v) is 7.94. The Balaban J connectivity index is 2.39. The van der Waals surface area contributed by atoms with E-state index in [4.69, 9.17) is 9.52 Å². The second-order valence-corrected chi connectivity index (χ2v) is 6.67. The monoisotopic (exact) mass is 318 g/mol. The van der Waals surface area contributed by atoms with E-state index in [1.165, 1.54) is 23.5 Å². The third-order valence-electron chi connectivity index (χ3n) is 2.82. The standard InChI is InChI=1S/C12H18N2O6S/c1-3-21(18,19)14(2)8-4-7-13-11(15)9-5-6-10(20-9)12(16)17/h5-6H,3-4,7-8H2,1-2H3,(H,13,15)(H,16,17). The van der Waals surface area contributed by atoms with Crippen LogP contribution in [0, 0.1) is 0 Å². The second kappa shape index (κ2) is 7.23. The molecule has 0 aliphatic rings. The third-order valence-corrected chi connectivity index (χ3v) is 4.68. The van der Waals surface area contributed by atoms with Crippen molar-refractivity contribution in [2.45, 2.75) is 13.3 Å². The number of hydrogen-bond donors (Lipinski definition) is 2. The number of aromatic carboxylic acids is 1. The van der Waals surface area contributed by atoms with E-state index in [1.54, 1.807) is 6.92 Å². The minimum atomic E-state index is -3.22. The number of nitrogens with one attached hydrogen (secondary N) is 1. The van der Waals surface area contributed by atoms with E-state index in [0.29, 0.717) is 6.42 Å². The van der Waals surface area contributed by atoms with Crippen molar-refractivity contribution in [3.63, 3.8) is 0 Å². The summed E-state index contributed by atoms with van der Waals surface area (Å²) in [5.41, 5.74) is 0. The molecule has 0 fully saturated rings. The maximum Gasteiger partial charge on any atom is 0.371 e. The van der Waals surface area contributed by atoms with Crippen LogP contribution in [0.1, 0.15) is 34.5 Å². The predicted molar refractivity (Wildman–Crippen MR) is 74.7 cm³/mol. The van der Waals surface area contributed by atoms with Gasteiger partial charge in [0.05, 0.1) is 5.75 Å². The smallest absolute Gasteiger partial charge is 0.371 e. The first-order valence-electron chi connectivity index (χ1n) is 6.33. The molecule has 0 aliphatic carbocycles. The first-order chi connectivity index (χ1) is 9.77.